The maximum absolute atomic E-state index is 12.7. The first-order valence-corrected chi connectivity index (χ1v) is 9.55. The highest BCUT2D eigenvalue weighted by molar-refractivity contribution is 8.00. The Morgan fingerprint density at radius 1 is 1.23 bits per heavy atom. The SMILES string of the molecule is O=C(CSc1cccc(C(F)(F)F)c1)Nc1ccnn1C1CCCCC1. The molecule has 0 aliphatic heterocycles. The molecule has 3 rings (SSSR count). The molecule has 0 spiro atoms. The van der Waals surface area contributed by atoms with Crippen LogP contribution in [-0.2, 0) is 11.0 Å². The fourth-order valence-corrected chi connectivity index (χ4v) is 3.87. The third-order valence-electron chi connectivity index (χ3n) is 4.39. The lowest BCUT2D eigenvalue weighted by molar-refractivity contribution is -0.137. The lowest BCUT2D eigenvalue weighted by Gasteiger charge is -2.23. The number of hydrogen-bond acceptors (Lipinski definition) is 3. The topological polar surface area (TPSA) is 46.9 Å². The zero-order valence-corrected chi connectivity index (χ0v) is 14.9. The Hall–Kier alpha value is -1.96. The first kappa shape index (κ1) is 18.8. The van der Waals surface area contributed by atoms with Crippen LogP contribution in [0.15, 0.2) is 41.4 Å². The molecule has 1 aliphatic rings. The molecule has 0 bridgehead atoms. The van der Waals surface area contributed by atoms with Crippen LogP contribution in [0.2, 0.25) is 0 Å². The van der Waals surface area contributed by atoms with Crippen LogP contribution < -0.4 is 5.32 Å². The number of halogens is 3. The van der Waals surface area contributed by atoms with Crippen molar-refractivity contribution in [1.82, 2.24) is 9.78 Å². The minimum Gasteiger partial charge on any atom is -0.310 e. The van der Waals surface area contributed by atoms with Gasteiger partial charge in [0.05, 0.1) is 23.6 Å². The predicted octanol–water partition coefficient (Wildman–Crippen LogP) is 5.14. The Morgan fingerprint density at radius 3 is 2.73 bits per heavy atom. The molecule has 4 nitrogen and oxygen atoms in total. The van der Waals surface area contributed by atoms with Crippen molar-refractivity contribution in [3.8, 4) is 0 Å². The lowest BCUT2D eigenvalue weighted by atomic mass is 9.96. The van der Waals surface area contributed by atoms with Gasteiger partial charge in [-0.25, -0.2) is 4.68 Å². The van der Waals surface area contributed by atoms with Crippen LogP contribution in [0.4, 0.5) is 19.0 Å². The van der Waals surface area contributed by atoms with Crippen molar-refractivity contribution in [2.75, 3.05) is 11.1 Å². The molecule has 1 N–H and O–H groups in total. The number of anilines is 1. The van der Waals surface area contributed by atoms with Gasteiger partial charge in [0.2, 0.25) is 5.91 Å². The smallest absolute Gasteiger partial charge is 0.310 e. The van der Waals surface area contributed by atoms with Crippen LogP contribution >= 0.6 is 11.8 Å². The van der Waals surface area contributed by atoms with Crippen molar-refractivity contribution in [3.63, 3.8) is 0 Å². The van der Waals surface area contributed by atoms with E-state index < -0.39 is 11.7 Å². The molecule has 0 atom stereocenters. The van der Waals surface area contributed by atoms with Gasteiger partial charge < -0.3 is 5.32 Å². The molecular weight excluding hydrogens is 363 g/mol. The van der Waals surface area contributed by atoms with Gasteiger partial charge in [-0.15, -0.1) is 11.8 Å². The van der Waals surface area contributed by atoms with E-state index in [0.717, 1.165) is 49.6 Å². The van der Waals surface area contributed by atoms with E-state index in [0.29, 0.717) is 16.8 Å². The Balaban J connectivity index is 1.58. The van der Waals surface area contributed by atoms with Crippen molar-refractivity contribution in [3.05, 3.63) is 42.1 Å². The maximum Gasteiger partial charge on any atom is 0.416 e. The van der Waals surface area contributed by atoms with E-state index in [9.17, 15) is 18.0 Å². The van der Waals surface area contributed by atoms with E-state index in [1.165, 1.54) is 12.5 Å². The molecule has 1 fully saturated rings. The quantitative estimate of drug-likeness (QED) is 0.728. The zero-order chi connectivity index (χ0) is 18.6. The normalized spacial score (nSPS) is 15.8. The number of thioether (sulfide) groups is 1. The second-order valence-electron chi connectivity index (χ2n) is 6.32. The first-order valence-electron chi connectivity index (χ1n) is 8.57. The number of amides is 1. The Morgan fingerprint density at radius 2 is 2.00 bits per heavy atom. The summed E-state index contributed by atoms with van der Waals surface area (Å²) in [5.74, 6) is 0.425. The van der Waals surface area contributed by atoms with E-state index in [1.807, 2.05) is 4.68 Å². The zero-order valence-electron chi connectivity index (χ0n) is 14.1. The van der Waals surface area contributed by atoms with Crippen LogP contribution in [-0.4, -0.2) is 21.4 Å². The molecule has 26 heavy (non-hydrogen) atoms. The van der Waals surface area contributed by atoms with Gasteiger partial charge in [0.25, 0.3) is 0 Å². The molecule has 1 aromatic carbocycles. The molecule has 0 unspecified atom stereocenters. The number of benzene rings is 1. The highest BCUT2D eigenvalue weighted by atomic mass is 32.2. The summed E-state index contributed by atoms with van der Waals surface area (Å²) >= 11 is 1.08. The molecule has 140 valence electrons. The Labute approximate surface area is 154 Å². The number of nitrogens with one attached hydrogen (secondary N) is 1. The Bertz CT molecular complexity index is 754. The monoisotopic (exact) mass is 383 g/mol. The Kier molecular flexibility index (Phi) is 5.90. The second-order valence-corrected chi connectivity index (χ2v) is 7.36. The average molecular weight is 383 g/mol. The highest BCUT2D eigenvalue weighted by Crippen LogP contribution is 2.32. The summed E-state index contributed by atoms with van der Waals surface area (Å²) in [5, 5.41) is 7.14. The number of carbonyl (C=O) groups excluding carboxylic acids is 1. The summed E-state index contributed by atoms with van der Waals surface area (Å²) in [6.07, 6.45) is 2.91. The summed E-state index contributed by atoms with van der Waals surface area (Å²) in [5.41, 5.74) is -0.710. The molecule has 1 aliphatic carbocycles. The fraction of sp³-hybridized carbons (Fsp3) is 0.444. The molecule has 1 amide bonds. The van der Waals surface area contributed by atoms with E-state index >= 15 is 0 Å². The summed E-state index contributed by atoms with van der Waals surface area (Å²) in [6.45, 7) is 0. The third-order valence-corrected chi connectivity index (χ3v) is 5.38. The highest BCUT2D eigenvalue weighted by Gasteiger charge is 2.30. The predicted molar refractivity (Wildman–Crippen MR) is 95.1 cm³/mol. The van der Waals surface area contributed by atoms with Crippen molar-refractivity contribution in [1.29, 1.82) is 0 Å². The van der Waals surface area contributed by atoms with Gasteiger partial charge in [-0.05, 0) is 31.0 Å². The van der Waals surface area contributed by atoms with Gasteiger partial charge in [0, 0.05) is 11.0 Å². The molecule has 0 radical (unpaired) electrons. The van der Waals surface area contributed by atoms with E-state index in [4.69, 9.17) is 0 Å². The standard InChI is InChI=1S/C18H20F3N3OS/c19-18(20,21)13-5-4-8-15(11-13)26-12-17(25)23-16-9-10-22-24(16)14-6-2-1-3-7-14/h4-5,8-11,14H,1-3,6-7,12H2,(H,23,25). The van der Waals surface area contributed by atoms with Crippen molar-refractivity contribution in [2.45, 2.75) is 49.2 Å². The molecule has 1 saturated carbocycles. The van der Waals surface area contributed by atoms with E-state index in [1.54, 1.807) is 18.3 Å². The van der Waals surface area contributed by atoms with Gasteiger partial charge in [-0.2, -0.15) is 18.3 Å². The van der Waals surface area contributed by atoms with Crippen molar-refractivity contribution in [2.24, 2.45) is 0 Å². The number of carbonyl (C=O) groups is 1. The van der Waals surface area contributed by atoms with Gasteiger partial charge >= 0.3 is 6.18 Å². The van der Waals surface area contributed by atoms with Crippen LogP contribution in [0.25, 0.3) is 0 Å². The van der Waals surface area contributed by atoms with Gasteiger partial charge in [0.1, 0.15) is 5.82 Å². The summed E-state index contributed by atoms with van der Waals surface area (Å²) in [4.78, 5) is 12.6. The number of rotatable bonds is 5. The number of hydrogen-bond donors (Lipinski definition) is 1. The van der Waals surface area contributed by atoms with Crippen LogP contribution in [0.1, 0.15) is 43.7 Å². The molecule has 0 saturated heterocycles. The molecule has 1 aromatic heterocycles. The van der Waals surface area contributed by atoms with E-state index in [2.05, 4.69) is 10.4 Å². The summed E-state index contributed by atoms with van der Waals surface area (Å²) in [7, 11) is 0. The van der Waals surface area contributed by atoms with Crippen LogP contribution in [0.5, 0.6) is 0 Å². The van der Waals surface area contributed by atoms with Crippen LogP contribution in [0.3, 0.4) is 0 Å². The first-order chi connectivity index (χ1) is 12.4. The van der Waals surface area contributed by atoms with Gasteiger partial charge in [-0.3, -0.25) is 4.79 Å². The molecule has 8 heteroatoms. The number of alkyl halides is 3. The minimum absolute atomic E-state index is 0.0388. The number of aromatic nitrogens is 2. The second kappa shape index (κ2) is 8.16. The largest absolute Gasteiger partial charge is 0.416 e. The lowest BCUT2D eigenvalue weighted by Crippen LogP contribution is -2.21. The van der Waals surface area contributed by atoms with Gasteiger partial charge in [-0.1, -0.05) is 25.3 Å². The van der Waals surface area contributed by atoms with Crippen LogP contribution in [0, 0.1) is 0 Å². The fourth-order valence-electron chi connectivity index (χ4n) is 3.12. The van der Waals surface area contributed by atoms with Crippen molar-refractivity contribution >= 4 is 23.5 Å². The number of nitrogens with zero attached hydrogens (tertiary/aromatic N) is 2. The third kappa shape index (κ3) is 4.81. The molecule has 1 heterocycles. The molecule has 2 aromatic rings. The summed E-state index contributed by atoms with van der Waals surface area (Å²) < 4.78 is 40.1. The summed E-state index contributed by atoms with van der Waals surface area (Å²) in [6, 6.07) is 7.05. The van der Waals surface area contributed by atoms with Crippen molar-refractivity contribution < 1.29 is 18.0 Å². The average Bonchev–Trinajstić information content (AvgIpc) is 3.08. The minimum atomic E-state index is -4.38. The van der Waals surface area contributed by atoms with Gasteiger partial charge in [0.15, 0.2) is 0 Å². The molecular formula is C18H20F3N3OS. The maximum atomic E-state index is 12.7. The van der Waals surface area contributed by atoms with E-state index in [-0.39, 0.29) is 11.7 Å².